The van der Waals surface area contributed by atoms with Crippen LogP contribution in [0, 0.1) is 29.1 Å². The Morgan fingerprint density at radius 3 is 2.16 bits per heavy atom. The first kappa shape index (κ1) is 20.8. The van der Waals surface area contributed by atoms with Crippen LogP contribution in [0.2, 0.25) is 0 Å². The highest BCUT2D eigenvalue weighted by atomic mass is 16.2. The lowest BCUT2D eigenvalue weighted by molar-refractivity contribution is -0.134. The molecule has 0 unspecified atom stereocenters. The van der Waals surface area contributed by atoms with E-state index in [0.29, 0.717) is 18.5 Å². The number of benzene rings is 1. The molecule has 1 N–H and O–H groups in total. The topological polar surface area (TPSA) is 49.4 Å². The standard InChI is InChI=1S/C27H36N2O2/c1-19(27-16-21-13-22(17-27)15-23(14-21)18-27)28-26(31)24-9-11-29(12-10-24)25(30)8-7-20-5-3-2-4-6-20/h2-8,19,21-24H,9-18H2,1H3,(H,28,31)/b8-7+/t19-,21?,22?,23?,27?/m0/s1. The fraction of sp³-hybridized carbons (Fsp3) is 0.630. The van der Waals surface area contributed by atoms with Gasteiger partial charge in [0.15, 0.2) is 0 Å². The van der Waals surface area contributed by atoms with Gasteiger partial charge in [-0.05, 0) is 93.1 Å². The van der Waals surface area contributed by atoms with Crippen LogP contribution in [-0.4, -0.2) is 35.8 Å². The van der Waals surface area contributed by atoms with E-state index in [2.05, 4.69) is 12.2 Å². The van der Waals surface area contributed by atoms with Crippen LogP contribution in [0.15, 0.2) is 36.4 Å². The van der Waals surface area contributed by atoms with Gasteiger partial charge in [-0.25, -0.2) is 0 Å². The van der Waals surface area contributed by atoms with Gasteiger partial charge >= 0.3 is 0 Å². The van der Waals surface area contributed by atoms with E-state index in [0.717, 1.165) is 36.2 Å². The monoisotopic (exact) mass is 420 g/mol. The lowest BCUT2D eigenvalue weighted by Gasteiger charge is -2.59. The number of piperidine rings is 1. The Hall–Kier alpha value is -2.10. The van der Waals surface area contributed by atoms with Crippen LogP contribution < -0.4 is 5.32 Å². The minimum absolute atomic E-state index is 0.0403. The minimum atomic E-state index is 0.0403. The Kier molecular flexibility index (Phi) is 5.66. The Morgan fingerprint density at radius 2 is 1.58 bits per heavy atom. The number of rotatable bonds is 5. The number of carbonyl (C=O) groups excluding carboxylic acids is 2. The SMILES string of the molecule is C[C@H](NC(=O)C1CCN(C(=O)/C=C/c2ccccc2)CC1)C12CC3CC(CC(C3)C1)C2. The van der Waals surface area contributed by atoms with Crippen molar-refractivity contribution in [2.24, 2.45) is 29.1 Å². The molecule has 1 atom stereocenters. The van der Waals surface area contributed by atoms with Crippen LogP contribution in [0.1, 0.15) is 63.9 Å². The van der Waals surface area contributed by atoms with Crippen molar-refractivity contribution >= 4 is 17.9 Å². The molecule has 1 aliphatic heterocycles. The number of likely N-dealkylation sites (tertiary alicyclic amines) is 1. The lowest BCUT2D eigenvalue weighted by Crippen LogP contribution is -2.56. The number of hydrogen-bond acceptors (Lipinski definition) is 2. The first-order valence-corrected chi connectivity index (χ1v) is 12.3. The van der Waals surface area contributed by atoms with Gasteiger partial charge in [-0.1, -0.05) is 30.3 Å². The van der Waals surface area contributed by atoms with Crippen molar-refractivity contribution in [3.8, 4) is 0 Å². The molecular weight excluding hydrogens is 384 g/mol. The Balaban J connectivity index is 1.12. The molecule has 0 aromatic heterocycles. The highest BCUT2D eigenvalue weighted by Gasteiger charge is 2.53. The van der Waals surface area contributed by atoms with Crippen molar-refractivity contribution in [3.63, 3.8) is 0 Å². The normalized spacial score (nSPS) is 33.6. The van der Waals surface area contributed by atoms with Crippen LogP contribution in [0.5, 0.6) is 0 Å². The predicted octanol–water partition coefficient (Wildman–Crippen LogP) is 4.66. The van der Waals surface area contributed by atoms with Crippen molar-refractivity contribution in [1.82, 2.24) is 10.2 Å². The van der Waals surface area contributed by atoms with Gasteiger partial charge in [0.05, 0.1) is 0 Å². The molecule has 4 bridgehead atoms. The van der Waals surface area contributed by atoms with E-state index in [-0.39, 0.29) is 23.8 Å². The molecule has 1 aromatic rings. The summed E-state index contributed by atoms with van der Waals surface area (Å²) in [5.74, 6) is 3.02. The van der Waals surface area contributed by atoms with Gasteiger partial charge < -0.3 is 10.2 Å². The number of carbonyl (C=O) groups is 2. The van der Waals surface area contributed by atoms with Crippen LogP contribution in [0.4, 0.5) is 0 Å². The second-order valence-electron chi connectivity index (χ2n) is 10.9. The molecule has 4 aliphatic carbocycles. The first-order valence-electron chi connectivity index (χ1n) is 12.3. The molecule has 5 aliphatic rings. The van der Waals surface area contributed by atoms with Gasteiger partial charge in [0.2, 0.25) is 11.8 Å². The second-order valence-corrected chi connectivity index (χ2v) is 10.9. The van der Waals surface area contributed by atoms with Crippen molar-refractivity contribution < 1.29 is 9.59 Å². The fourth-order valence-corrected chi connectivity index (χ4v) is 7.39. The summed E-state index contributed by atoms with van der Waals surface area (Å²) < 4.78 is 0. The summed E-state index contributed by atoms with van der Waals surface area (Å²) in [5.41, 5.74) is 1.38. The lowest BCUT2D eigenvalue weighted by atomic mass is 9.48. The maximum absolute atomic E-state index is 13.1. The third kappa shape index (κ3) is 4.31. The fourth-order valence-electron chi connectivity index (χ4n) is 7.39. The molecule has 166 valence electrons. The van der Waals surface area contributed by atoms with Crippen LogP contribution in [0.3, 0.4) is 0 Å². The molecular formula is C27H36N2O2. The number of hydrogen-bond donors (Lipinski definition) is 1. The summed E-state index contributed by atoms with van der Waals surface area (Å²) in [6.07, 6.45) is 13.3. The van der Waals surface area contributed by atoms with E-state index >= 15 is 0 Å². The van der Waals surface area contributed by atoms with Gasteiger partial charge in [0.1, 0.15) is 0 Å². The molecule has 4 heteroatoms. The minimum Gasteiger partial charge on any atom is -0.353 e. The van der Waals surface area contributed by atoms with E-state index in [1.54, 1.807) is 6.08 Å². The highest BCUT2D eigenvalue weighted by molar-refractivity contribution is 5.92. The van der Waals surface area contributed by atoms with E-state index < -0.39 is 0 Å². The largest absolute Gasteiger partial charge is 0.353 e. The predicted molar refractivity (Wildman–Crippen MR) is 123 cm³/mol. The smallest absolute Gasteiger partial charge is 0.246 e. The van der Waals surface area contributed by atoms with Gasteiger partial charge in [0, 0.05) is 31.1 Å². The summed E-state index contributed by atoms with van der Waals surface area (Å²) in [6, 6.07) is 10.2. The average molecular weight is 421 g/mol. The summed E-state index contributed by atoms with van der Waals surface area (Å²) in [7, 11) is 0. The van der Waals surface area contributed by atoms with Gasteiger partial charge in [-0.2, -0.15) is 0 Å². The molecule has 5 fully saturated rings. The highest BCUT2D eigenvalue weighted by Crippen LogP contribution is 2.61. The number of nitrogens with zero attached hydrogens (tertiary/aromatic N) is 1. The average Bonchev–Trinajstić information content (AvgIpc) is 2.77. The van der Waals surface area contributed by atoms with Crippen LogP contribution in [-0.2, 0) is 9.59 Å². The molecule has 4 saturated carbocycles. The molecule has 4 nitrogen and oxygen atoms in total. The van der Waals surface area contributed by atoms with E-state index in [4.69, 9.17) is 0 Å². The Bertz CT molecular complexity index is 803. The Morgan fingerprint density at radius 1 is 1.00 bits per heavy atom. The molecule has 6 rings (SSSR count). The van der Waals surface area contributed by atoms with Crippen molar-refractivity contribution in [2.45, 2.75) is 64.3 Å². The van der Waals surface area contributed by atoms with Crippen molar-refractivity contribution in [2.75, 3.05) is 13.1 Å². The summed E-state index contributed by atoms with van der Waals surface area (Å²) in [4.78, 5) is 27.5. The molecule has 0 radical (unpaired) electrons. The molecule has 1 heterocycles. The zero-order valence-electron chi connectivity index (χ0n) is 18.8. The van der Waals surface area contributed by atoms with E-state index in [1.807, 2.05) is 41.3 Å². The Labute approximate surface area is 186 Å². The molecule has 31 heavy (non-hydrogen) atoms. The molecule has 1 aromatic carbocycles. The molecule has 0 spiro atoms. The molecule has 1 saturated heterocycles. The zero-order valence-corrected chi connectivity index (χ0v) is 18.8. The third-order valence-electron chi connectivity index (χ3n) is 8.76. The maximum Gasteiger partial charge on any atom is 0.246 e. The van der Waals surface area contributed by atoms with Crippen molar-refractivity contribution in [1.29, 1.82) is 0 Å². The first-order chi connectivity index (χ1) is 15.0. The van der Waals surface area contributed by atoms with Crippen molar-refractivity contribution in [3.05, 3.63) is 42.0 Å². The van der Waals surface area contributed by atoms with Gasteiger partial charge in [-0.15, -0.1) is 0 Å². The van der Waals surface area contributed by atoms with Crippen LogP contribution >= 0.6 is 0 Å². The summed E-state index contributed by atoms with van der Waals surface area (Å²) in [6.45, 7) is 3.60. The van der Waals surface area contributed by atoms with Gasteiger partial charge in [-0.3, -0.25) is 9.59 Å². The zero-order chi connectivity index (χ0) is 21.4. The van der Waals surface area contributed by atoms with Crippen LogP contribution in [0.25, 0.3) is 6.08 Å². The summed E-state index contributed by atoms with van der Waals surface area (Å²) >= 11 is 0. The second kappa shape index (κ2) is 8.44. The number of amides is 2. The summed E-state index contributed by atoms with van der Waals surface area (Å²) in [5, 5.41) is 3.44. The number of nitrogens with one attached hydrogen (secondary N) is 1. The van der Waals surface area contributed by atoms with E-state index in [1.165, 1.54) is 38.5 Å². The van der Waals surface area contributed by atoms with E-state index in [9.17, 15) is 9.59 Å². The van der Waals surface area contributed by atoms with Gasteiger partial charge in [0.25, 0.3) is 0 Å². The third-order valence-corrected chi connectivity index (χ3v) is 8.76. The maximum atomic E-state index is 13.1. The molecule has 2 amide bonds. The quantitative estimate of drug-likeness (QED) is 0.705.